The summed E-state index contributed by atoms with van der Waals surface area (Å²) in [5, 5.41) is 2.43. The molecule has 0 atom stereocenters. The number of aromatic nitrogens is 1. The molecule has 0 radical (unpaired) electrons. The molecule has 2 aromatic rings. The third-order valence-corrected chi connectivity index (χ3v) is 6.11. The van der Waals surface area contributed by atoms with E-state index >= 15 is 0 Å². The van der Waals surface area contributed by atoms with E-state index in [9.17, 15) is 0 Å². The van der Waals surface area contributed by atoms with E-state index < -0.39 is 0 Å². The molecule has 0 unspecified atom stereocenters. The fourth-order valence-corrected chi connectivity index (χ4v) is 4.46. The highest BCUT2D eigenvalue weighted by atomic mass is 79.9. The van der Waals surface area contributed by atoms with Gasteiger partial charge in [0, 0.05) is 43.9 Å². The van der Waals surface area contributed by atoms with Crippen LogP contribution in [0.15, 0.2) is 47.1 Å². The standard InChI is InChI=1S/C15H13Br3ClN/c16-9-15(10-17,11-2-1-3-13(19)6-11)7-14-5-4-12(18)8-20-14/h1-6,8H,7,9-10H2. The largest absolute Gasteiger partial charge is 0.260 e. The molecule has 20 heavy (non-hydrogen) atoms. The lowest BCUT2D eigenvalue weighted by atomic mass is 9.80. The highest BCUT2D eigenvalue weighted by molar-refractivity contribution is 9.10. The second kappa shape index (κ2) is 7.39. The molecule has 2 rings (SSSR count). The minimum atomic E-state index is -0.0638. The van der Waals surface area contributed by atoms with Gasteiger partial charge in [0.1, 0.15) is 0 Å². The van der Waals surface area contributed by atoms with Crippen LogP contribution in [0.4, 0.5) is 0 Å². The predicted molar refractivity (Wildman–Crippen MR) is 96.4 cm³/mol. The summed E-state index contributed by atoms with van der Waals surface area (Å²) in [6.07, 6.45) is 2.68. The summed E-state index contributed by atoms with van der Waals surface area (Å²) in [7, 11) is 0. The van der Waals surface area contributed by atoms with Gasteiger partial charge in [0.2, 0.25) is 0 Å². The van der Waals surface area contributed by atoms with Gasteiger partial charge >= 0.3 is 0 Å². The Balaban J connectivity index is 2.36. The van der Waals surface area contributed by atoms with E-state index in [2.05, 4.69) is 64.9 Å². The van der Waals surface area contributed by atoms with E-state index in [0.717, 1.165) is 32.3 Å². The van der Waals surface area contributed by atoms with Gasteiger partial charge in [-0.3, -0.25) is 4.98 Å². The van der Waals surface area contributed by atoms with Gasteiger partial charge in [-0.05, 0) is 45.8 Å². The van der Waals surface area contributed by atoms with Gasteiger partial charge in [-0.1, -0.05) is 55.6 Å². The maximum Gasteiger partial charge on any atom is 0.0413 e. The van der Waals surface area contributed by atoms with Crippen LogP contribution in [0.25, 0.3) is 0 Å². The van der Waals surface area contributed by atoms with Crippen LogP contribution in [0.5, 0.6) is 0 Å². The monoisotopic (exact) mass is 479 g/mol. The van der Waals surface area contributed by atoms with Crippen molar-refractivity contribution in [2.45, 2.75) is 11.8 Å². The van der Waals surface area contributed by atoms with Gasteiger partial charge in [-0.15, -0.1) is 0 Å². The molecule has 0 saturated carbocycles. The summed E-state index contributed by atoms with van der Waals surface area (Å²) < 4.78 is 0.993. The SMILES string of the molecule is Clc1cccc(C(CBr)(CBr)Cc2ccc(Br)cn2)c1. The number of hydrogen-bond acceptors (Lipinski definition) is 1. The minimum absolute atomic E-state index is 0.0638. The lowest BCUT2D eigenvalue weighted by Gasteiger charge is -2.30. The highest BCUT2D eigenvalue weighted by Gasteiger charge is 2.31. The summed E-state index contributed by atoms with van der Waals surface area (Å²) in [5.74, 6) is 0. The quantitative estimate of drug-likeness (QED) is 0.494. The van der Waals surface area contributed by atoms with Crippen molar-refractivity contribution in [1.29, 1.82) is 0 Å². The van der Waals surface area contributed by atoms with Crippen LogP contribution in [0.1, 0.15) is 11.3 Å². The number of nitrogens with zero attached hydrogens (tertiary/aromatic N) is 1. The molecule has 0 bridgehead atoms. The molecule has 0 aliphatic carbocycles. The summed E-state index contributed by atoms with van der Waals surface area (Å²) in [5.41, 5.74) is 2.21. The molecule has 0 amide bonds. The van der Waals surface area contributed by atoms with Crippen molar-refractivity contribution in [3.05, 3.63) is 63.3 Å². The summed E-state index contributed by atoms with van der Waals surface area (Å²) >= 11 is 16.9. The average molecular weight is 482 g/mol. The molecule has 1 heterocycles. The van der Waals surface area contributed by atoms with Crippen molar-refractivity contribution in [3.63, 3.8) is 0 Å². The first-order valence-corrected chi connectivity index (χ1v) is 9.49. The Morgan fingerprint density at radius 3 is 2.40 bits per heavy atom. The van der Waals surface area contributed by atoms with Crippen LogP contribution in [-0.4, -0.2) is 15.6 Å². The average Bonchev–Trinajstić information content (AvgIpc) is 2.47. The third kappa shape index (κ3) is 3.85. The van der Waals surface area contributed by atoms with Crippen LogP contribution >= 0.6 is 59.4 Å². The molecular formula is C15H13Br3ClN. The first-order valence-electron chi connectivity index (χ1n) is 6.08. The molecule has 1 nitrogen and oxygen atoms in total. The van der Waals surface area contributed by atoms with E-state index in [4.69, 9.17) is 11.6 Å². The van der Waals surface area contributed by atoms with Gasteiger partial charge in [0.25, 0.3) is 0 Å². The number of halogens is 4. The Hall–Kier alpha value is 0.1000. The maximum absolute atomic E-state index is 6.14. The number of pyridine rings is 1. The van der Waals surface area contributed by atoms with Crippen molar-refractivity contribution in [2.24, 2.45) is 0 Å². The van der Waals surface area contributed by atoms with Crippen molar-refractivity contribution in [2.75, 3.05) is 10.7 Å². The van der Waals surface area contributed by atoms with E-state index in [1.165, 1.54) is 5.56 Å². The number of alkyl halides is 2. The number of hydrogen-bond donors (Lipinski definition) is 0. The van der Waals surface area contributed by atoms with Gasteiger partial charge in [-0.25, -0.2) is 0 Å². The van der Waals surface area contributed by atoms with Gasteiger partial charge in [-0.2, -0.15) is 0 Å². The lowest BCUT2D eigenvalue weighted by Crippen LogP contribution is -2.33. The van der Waals surface area contributed by atoms with Crippen LogP contribution < -0.4 is 0 Å². The van der Waals surface area contributed by atoms with Gasteiger partial charge < -0.3 is 0 Å². The third-order valence-electron chi connectivity index (χ3n) is 3.26. The van der Waals surface area contributed by atoms with Crippen molar-refractivity contribution < 1.29 is 0 Å². The van der Waals surface area contributed by atoms with Crippen molar-refractivity contribution >= 4 is 59.4 Å². The van der Waals surface area contributed by atoms with Gasteiger partial charge in [0.15, 0.2) is 0 Å². The van der Waals surface area contributed by atoms with Crippen molar-refractivity contribution in [1.82, 2.24) is 4.98 Å². The Morgan fingerprint density at radius 1 is 1.10 bits per heavy atom. The lowest BCUT2D eigenvalue weighted by molar-refractivity contribution is 0.543. The summed E-state index contributed by atoms with van der Waals surface area (Å²) in [6.45, 7) is 0. The molecule has 106 valence electrons. The van der Waals surface area contributed by atoms with Crippen LogP contribution in [0.3, 0.4) is 0 Å². The highest BCUT2D eigenvalue weighted by Crippen LogP contribution is 2.33. The van der Waals surface area contributed by atoms with E-state index in [-0.39, 0.29) is 5.41 Å². The molecule has 1 aromatic carbocycles. The zero-order chi connectivity index (χ0) is 14.6. The van der Waals surface area contributed by atoms with E-state index in [1.807, 2.05) is 30.5 Å². The smallest absolute Gasteiger partial charge is 0.0413 e. The molecule has 1 aromatic heterocycles. The van der Waals surface area contributed by atoms with Crippen LogP contribution in [-0.2, 0) is 11.8 Å². The molecule has 0 spiro atoms. The normalized spacial score (nSPS) is 11.6. The Kier molecular flexibility index (Phi) is 6.09. The second-order valence-corrected chi connectivity index (χ2v) is 7.18. The number of rotatable bonds is 5. The first kappa shape index (κ1) is 16.5. The maximum atomic E-state index is 6.14. The zero-order valence-electron chi connectivity index (χ0n) is 10.6. The van der Waals surface area contributed by atoms with E-state index in [1.54, 1.807) is 0 Å². The molecule has 0 fully saturated rings. The molecule has 0 aliphatic rings. The van der Waals surface area contributed by atoms with Crippen LogP contribution in [0.2, 0.25) is 5.02 Å². The summed E-state index contributed by atoms with van der Waals surface area (Å²) in [4.78, 5) is 4.49. The van der Waals surface area contributed by atoms with E-state index in [0.29, 0.717) is 0 Å². The predicted octanol–water partition coefficient (Wildman–Crippen LogP) is 5.77. The zero-order valence-corrected chi connectivity index (χ0v) is 16.1. The Morgan fingerprint density at radius 2 is 1.85 bits per heavy atom. The first-order chi connectivity index (χ1) is 9.59. The molecule has 5 heteroatoms. The molecule has 0 aliphatic heterocycles. The fraction of sp³-hybridized carbons (Fsp3) is 0.267. The second-order valence-electron chi connectivity index (χ2n) is 4.70. The Bertz CT molecular complexity index is 568. The topological polar surface area (TPSA) is 12.9 Å². The van der Waals surface area contributed by atoms with Gasteiger partial charge in [0.05, 0.1) is 0 Å². The fourth-order valence-electron chi connectivity index (χ4n) is 2.06. The molecular weight excluding hydrogens is 469 g/mol. The Labute approximate surface area is 149 Å². The van der Waals surface area contributed by atoms with Crippen molar-refractivity contribution in [3.8, 4) is 0 Å². The minimum Gasteiger partial charge on any atom is -0.260 e. The molecule has 0 saturated heterocycles. The van der Waals surface area contributed by atoms with Crippen LogP contribution in [0, 0.1) is 0 Å². The molecule has 0 N–H and O–H groups in total. The number of benzene rings is 1. The summed E-state index contributed by atoms with van der Waals surface area (Å²) in [6, 6.07) is 12.1.